The number of rotatable bonds is 7. The molecule has 1 N–H and O–H groups in total. The molecule has 0 saturated carbocycles. The summed E-state index contributed by atoms with van der Waals surface area (Å²) in [5, 5.41) is 15.1. The van der Waals surface area contributed by atoms with Gasteiger partial charge < -0.3 is 10.1 Å². The van der Waals surface area contributed by atoms with Crippen LogP contribution in [0.2, 0.25) is 0 Å². The van der Waals surface area contributed by atoms with Gasteiger partial charge in [-0.05, 0) is 40.3 Å². The first-order chi connectivity index (χ1) is 12.3. The lowest BCUT2D eigenvalue weighted by Crippen LogP contribution is -2.24. The molecular formula is C17H17N5O2S. The third-order valence-corrected chi connectivity index (χ3v) is 4.32. The molecule has 3 aromatic rings. The van der Waals surface area contributed by atoms with Crippen LogP contribution < -0.4 is 10.1 Å². The van der Waals surface area contributed by atoms with Gasteiger partial charge in [-0.2, -0.15) is 4.68 Å². The van der Waals surface area contributed by atoms with E-state index >= 15 is 0 Å². The monoisotopic (exact) mass is 355 g/mol. The van der Waals surface area contributed by atoms with Crippen LogP contribution in [0.25, 0.3) is 5.69 Å². The minimum absolute atomic E-state index is 0.0876. The van der Waals surface area contributed by atoms with Crippen molar-refractivity contribution in [3.63, 3.8) is 0 Å². The van der Waals surface area contributed by atoms with Gasteiger partial charge >= 0.3 is 0 Å². The summed E-state index contributed by atoms with van der Waals surface area (Å²) in [5.41, 5.74) is 1.83. The highest BCUT2D eigenvalue weighted by atomic mass is 32.2. The van der Waals surface area contributed by atoms with Crippen LogP contribution in [0.15, 0.2) is 59.8 Å². The molecule has 0 fully saturated rings. The smallest absolute Gasteiger partial charge is 0.230 e. The highest BCUT2D eigenvalue weighted by Crippen LogP contribution is 2.17. The average Bonchev–Trinajstić information content (AvgIpc) is 3.14. The van der Waals surface area contributed by atoms with Gasteiger partial charge in [0.25, 0.3) is 0 Å². The first-order valence-corrected chi connectivity index (χ1v) is 8.61. The zero-order valence-electron chi connectivity index (χ0n) is 13.6. The van der Waals surface area contributed by atoms with Crippen LogP contribution in [-0.2, 0) is 11.3 Å². The van der Waals surface area contributed by atoms with Gasteiger partial charge in [-0.15, -0.1) is 5.10 Å². The van der Waals surface area contributed by atoms with Crippen molar-refractivity contribution in [3.05, 3.63) is 60.2 Å². The number of amides is 1. The Hall–Kier alpha value is -2.87. The standard InChI is InChI=1S/C17H17N5O2S/c1-24-15-9-5-6-13(10-15)11-18-16(23)12-25-17-19-20-21-22(17)14-7-3-2-4-8-14/h2-10H,11-12H2,1H3,(H,18,23). The number of thioether (sulfide) groups is 1. The molecule has 1 amide bonds. The Morgan fingerprint density at radius 2 is 2.04 bits per heavy atom. The Balaban J connectivity index is 1.54. The van der Waals surface area contributed by atoms with Crippen LogP contribution in [0.3, 0.4) is 0 Å². The highest BCUT2D eigenvalue weighted by Gasteiger charge is 2.11. The van der Waals surface area contributed by atoms with E-state index in [9.17, 15) is 4.79 Å². The summed E-state index contributed by atoms with van der Waals surface area (Å²) in [7, 11) is 1.62. The molecule has 0 bridgehead atoms. The van der Waals surface area contributed by atoms with Gasteiger partial charge in [0.1, 0.15) is 5.75 Å². The van der Waals surface area contributed by atoms with Crippen molar-refractivity contribution in [2.45, 2.75) is 11.7 Å². The fraction of sp³-hybridized carbons (Fsp3) is 0.176. The van der Waals surface area contributed by atoms with Crippen molar-refractivity contribution < 1.29 is 9.53 Å². The largest absolute Gasteiger partial charge is 0.497 e. The van der Waals surface area contributed by atoms with Crippen LogP contribution in [0.4, 0.5) is 0 Å². The Morgan fingerprint density at radius 1 is 1.20 bits per heavy atom. The van der Waals surface area contributed by atoms with Crippen LogP contribution >= 0.6 is 11.8 Å². The van der Waals surface area contributed by atoms with Crippen molar-refractivity contribution in [1.29, 1.82) is 0 Å². The van der Waals surface area contributed by atoms with Gasteiger partial charge in [-0.25, -0.2) is 0 Å². The molecule has 25 heavy (non-hydrogen) atoms. The van der Waals surface area contributed by atoms with E-state index < -0.39 is 0 Å². The van der Waals surface area contributed by atoms with Gasteiger partial charge in [0.2, 0.25) is 11.1 Å². The molecule has 7 nitrogen and oxygen atoms in total. The number of benzene rings is 2. The summed E-state index contributed by atoms with van der Waals surface area (Å²) in [6.07, 6.45) is 0. The number of ether oxygens (including phenoxy) is 1. The van der Waals surface area contributed by atoms with Gasteiger partial charge in [-0.1, -0.05) is 42.1 Å². The quantitative estimate of drug-likeness (QED) is 0.654. The van der Waals surface area contributed by atoms with Crippen LogP contribution in [0.1, 0.15) is 5.56 Å². The molecule has 1 aromatic heterocycles. The molecule has 8 heteroatoms. The van der Waals surface area contributed by atoms with E-state index in [1.807, 2.05) is 54.6 Å². The summed E-state index contributed by atoms with van der Waals surface area (Å²) in [4.78, 5) is 12.1. The highest BCUT2D eigenvalue weighted by molar-refractivity contribution is 7.99. The zero-order chi connectivity index (χ0) is 17.5. The Morgan fingerprint density at radius 3 is 2.84 bits per heavy atom. The van der Waals surface area contributed by atoms with Crippen molar-refractivity contribution >= 4 is 17.7 Å². The maximum Gasteiger partial charge on any atom is 0.230 e. The first-order valence-electron chi connectivity index (χ1n) is 7.62. The number of methoxy groups -OCH3 is 1. The van der Waals surface area contributed by atoms with E-state index in [-0.39, 0.29) is 11.7 Å². The van der Waals surface area contributed by atoms with Crippen molar-refractivity contribution in [1.82, 2.24) is 25.5 Å². The normalized spacial score (nSPS) is 10.4. The van der Waals surface area contributed by atoms with Crippen LogP contribution in [0, 0.1) is 0 Å². The summed E-state index contributed by atoms with van der Waals surface area (Å²) in [5.74, 6) is 0.913. The molecule has 0 aliphatic rings. The molecule has 3 rings (SSSR count). The van der Waals surface area contributed by atoms with Crippen molar-refractivity contribution in [2.75, 3.05) is 12.9 Å². The minimum Gasteiger partial charge on any atom is -0.497 e. The topological polar surface area (TPSA) is 81.9 Å². The van der Waals surface area contributed by atoms with E-state index in [0.29, 0.717) is 11.7 Å². The molecule has 1 heterocycles. The number of nitrogens with zero attached hydrogens (tertiary/aromatic N) is 4. The molecule has 0 unspecified atom stereocenters. The number of hydrogen-bond donors (Lipinski definition) is 1. The van der Waals surface area contributed by atoms with E-state index in [2.05, 4.69) is 20.8 Å². The molecule has 0 spiro atoms. The van der Waals surface area contributed by atoms with E-state index in [1.165, 1.54) is 11.8 Å². The summed E-state index contributed by atoms with van der Waals surface area (Å²) in [6, 6.07) is 17.1. The van der Waals surface area contributed by atoms with E-state index in [1.54, 1.807) is 11.8 Å². The number of nitrogens with one attached hydrogen (secondary N) is 1. The molecule has 0 radical (unpaired) electrons. The number of aromatic nitrogens is 4. The summed E-state index contributed by atoms with van der Waals surface area (Å²) >= 11 is 1.29. The number of tetrazole rings is 1. The predicted octanol–water partition coefficient (Wildman–Crippen LogP) is 2.08. The Labute approximate surface area is 149 Å². The maximum atomic E-state index is 12.1. The van der Waals surface area contributed by atoms with Gasteiger partial charge in [0.15, 0.2) is 0 Å². The average molecular weight is 355 g/mol. The molecule has 2 aromatic carbocycles. The molecule has 0 saturated heterocycles. The fourth-order valence-corrected chi connectivity index (χ4v) is 2.89. The number of carbonyl (C=O) groups is 1. The lowest BCUT2D eigenvalue weighted by molar-refractivity contribution is -0.118. The van der Waals surface area contributed by atoms with Crippen LogP contribution in [-0.4, -0.2) is 39.0 Å². The third-order valence-electron chi connectivity index (χ3n) is 3.40. The number of carbonyl (C=O) groups excluding carboxylic acids is 1. The molecule has 0 aliphatic heterocycles. The second-order valence-corrected chi connectivity index (χ2v) is 6.07. The maximum absolute atomic E-state index is 12.1. The fourth-order valence-electron chi connectivity index (χ4n) is 2.16. The molecule has 0 aliphatic carbocycles. The summed E-state index contributed by atoms with van der Waals surface area (Å²) < 4.78 is 6.78. The SMILES string of the molecule is COc1cccc(CNC(=O)CSc2nnnn2-c2ccccc2)c1. The number of hydrogen-bond acceptors (Lipinski definition) is 6. The Kier molecular flexibility index (Phi) is 5.63. The molecule has 128 valence electrons. The predicted molar refractivity (Wildman–Crippen MR) is 94.7 cm³/mol. The first kappa shape index (κ1) is 17.0. The van der Waals surface area contributed by atoms with Crippen molar-refractivity contribution in [2.24, 2.45) is 0 Å². The molecular weight excluding hydrogens is 338 g/mol. The van der Waals surface area contributed by atoms with Gasteiger partial charge in [0.05, 0.1) is 18.6 Å². The number of para-hydroxylation sites is 1. The lowest BCUT2D eigenvalue weighted by atomic mass is 10.2. The van der Waals surface area contributed by atoms with E-state index in [4.69, 9.17) is 4.74 Å². The minimum atomic E-state index is -0.0876. The summed E-state index contributed by atoms with van der Waals surface area (Å²) in [6.45, 7) is 0.445. The van der Waals surface area contributed by atoms with E-state index in [0.717, 1.165) is 17.0 Å². The third kappa shape index (κ3) is 4.57. The van der Waals surface area contributed by atoms with Gasteiger partial charge in [0, 0.05) is 6.54 Å². The second kappa shape index (κ2) is 8.29. The van der Waals surface area contributed by atoms with Crippen LogP contribution in [0.5, 0.6) is 5.75 Å². The zero-order valence-corrected chi connectivity index (χ0v) is 14.4. The molecule has 0 atom stereocenters. The van der Waals surface area contributed by atoms with Crippen molar-refractivity contribution in [3.8, 4) is 11.4 Å². The second-order valence-electron chi connectivity index (χ2n) is 5.13. The lowest BCUT2D eigenvalue weighted by Gasteiger charge is -2.07. The van der Waals surface area contributed by atoms with Gasteiger partial charge in [-0.3, -0.25) is 4.79 Å². The Bertz CT molecular complexity index is 838.